The van der Waals surface area contributed by atoms with Gasteiger partial charge in [-0.25, -0.2) is 9.18 Å². The molecule has 0 radical (unpaired) electrons. The lowest BCUT2D eigenvalue weighted by Gasteiger charge is -2.42. The van der Waals surface area contributed by atoms with Gasteiger partial charge in [-0.3, -0.25) is 0 Å². The third kappa shape index (κ3) is 4.24. The van der Waals surface area contributed by atoms with Gasteiger partial charge in [0.15, 0.2) is 0 Å². The number of nitrogens with one attached hydrogen (secondary N) is 1. The van der Waals surface area contributed by atoms with Crippen LogP contribution in [-0.2, 0) is 4.79 Å². The van der Waals surface area contributed by atoms with Crippen molar-refractivity contribution in [3.05, 3.63) is 30.1 Å². The topological polar surface area (TPSA) is 52.7 Å². The lowest BCUT2D eigenvalue weighted by molar-refractivity contribution is -0.108. The molecule has 0 spiro atoms. The van der Waals surface area contributed by atoms with E-state index in [1.54, 1.807) is 12.1 Å². The van der Waals surface area contributed by atoms with Gasteiger partial charge in [0.25, 0.3) is 0 Å². The quantitative estimate of drug-likeness (QED) is 0.643. The van der Waals surface area contributed by atoms with Crippen LogP contribution in [-0.4, -0.2) is 48.9 Å². The molecule has 3 rings (SSSR count). The van der Waals surface area contributed by atoms with Gasteiger partial charge >= 0.3 is 6.03 Å². The minimum atomic E-state index is -0.247. The van der Waals surface area contributed by atoms with Crippen LogP contribution in [0, 0.1) is 5.82 Å². The first-order chi connectivity index (χ1) is 11.7. The number of amides is 2. The predicted molar refractivity (Wildman–Crippen MR) is 90.6 cm³/mol. The molecule has 1 aliphatic carbocycles. The van der Waals surface area contributed by atoms with E-state index in [4.69, 9.17) is 0 Å². The minimum absolute atomic E-state index is 0.00681. The molecule has 1 heterocycles. The van der Waals surface area contributed by atoms with E-state index < -0.39 is 0 Å². The van der Waals surface area contributed by atoms with Crippen LogP contribution in [0.4, 0.5) is 14.9 Å². The van der Waals surface area contributed by atoms with E-state index in [9.17, 15) is 14.0 Å². The Morgan fingerprint density at radius 3 is 2.67 bits per heavy atom. The van der Waals surface area contributed by atoms with Crippen LogP contribution < -0.4 is 10.2 Å². The van der Waals surface area contributed by atoms with Crippen LogP contribution in [0.25, 0.3) is 0 Å². The fraction of sp³-hybridized carbons (Fsp3) is 0.556. The number of piperazine rings is 1. The van der Waals surface area contributed by atoms with E-state index >= 15 is 0 Å². The Balaban J connectivity index is 1.66. The lowest BCUT2D eigenvalue weighted by atomic mass is 10.0. The SMILES string of the molecule is O=CCCCC1CN(c2ccc(F)cc2)CCN1C(=O)NC1CC1. The number of nitrogens with zero attached hydrogens (tertiary/aromatic N) is 2. The average molecular weight is 333 g/mol. The van der Waals surface area contributed by atoms with E-state index in [1.807, 2.05) is 4.90 Å². The number of aldehydes is 1. The molecule has 2 aliphatic rings. The van der Waals surface area contributed by atoms with Gasteiger partial charge in [-0.05, 0) is 49.9 Å². The number of benzene rings is 1. The molecular formula is C18H24FN3O2. The van der Waals surface area contributed by atoms with Gasteiger partial charge in [0, 0.05) is 37.8 Å². The molecule has 5 nitrogen and oxygen atoms in total. The van der Waals surface area contributed by atoms with E-state index in [0.717, 1.165) is 44.2 Å². The first kappa shape index (κ1) is 16.7. The fourth-order valence-corrected chi connectivity index (χ4v) is 3.18. The number of anilines is 1. The minimum Gasteiger partial charge on any atom is -0.368 e. The average Bonchev–Trinajstić information content (AvgIpc) is 3.39. The molecular weight excluding hydrogens is 309 g/mol. The van der Waals surface area contributed by atoms with E-state index in [0.29, 0.717) is 25.6 Å². The van der Waals surface area contributed by atoms with Gasteiger partial charge in [0.2, 0.25) is 0 Å². The number of unbranched alkanes of at least 4 members (excludes halogenated alkanes) is 1. The van der Waals surface area contributed by atoms with Crippen molar-refractivity contribution in [3.8, 4) is 0 Å². The summed E-state index contributed by atoms with van der Waals surface area (Å²) in [6.45, 7) is 2.08. The Labute approximate surface area is 141 Å². The summed E-state index contributed by atoms with van der Waals surface area (Å²) >= 11 is 0. The van der Waals surface area contributed by atoms with Gasteiger partial charge in [0.05, 0.1) is 6.04 Å². The molecule has 0 aromatic heterocycles. The van der Waals surface area contributed by atoms with Crippen molar-refractivity contribution in [2.75, 3.05) is 24.5 Å². The van der Waals surface area contributed by atoms with Gasteiger partial charge in [-0.2, -0.15) is 0 Å². The first-order valence-corrected chi connectivity index (χ1v) is 8.68. The van der Waals surface area contributed by atoms with Crippen molar-refractivity contribution in [3.63, 3.8) is 0 Å². The molecule has 2 fully saturated rings. The second-order valence-corrected chi connectivity index (χ2v) is 6.59. The van der Waals surface area contributed by atoms with Gasteiger partial charge in [-0.1, -0.05) is 0 Å². The summed E-state index contributed by atoms with van der Waals surface area (Å²) in [6.07, 6.45) is 5.15. The van der Waals surface area contributed by atoms with Crippen molar-refractivity contribution >= 4 is 18.0 Å². The number of rotatable bonds is 6. The zero-order chi connectivity index (χ0) is 16.9. The highest BCUT2D eigenvalue weighted by Gasteiger charge is 2.33. The van der Waals surface area contributed by atoms with Crippen LogP contribution in [0.5, 0.6) is 0 Å². The zero-order valence-corrected chi connectivity index (χ0v) is 13.8. The molecule has 1 aromatic carbocycles. The number of halogens is 1. The molecule has 6 heteroatoms. The molecule has 1 aliphatic heterocycles. The Hall–Kier alpha value is -2.11. The van der Waals surface area contributed by atoms with Gasteiger partial charge in [-0.15, -0.1) is 0 Å². The highest BCUT2D eigenvalue weighted by Crippen LogP contribution is 2.24. The van der Waals surface area contributed by atoms with Crippen LogP contribution in [0.15, 0.2) is 24.3 Å². The highest BCUT2D eigenvalue weighted by molar-refractivity contribution is 5.75. The van der Waals surface area contributed by atoms with Crippen molar-refractivity contribution in [1.29, 1.82) is 0 Å². The molecule has 0 bridgehead atoms. The Morgan fingerprint density at radius 1 is 1.25 bits per heavy atom. The van der Waals surface area contributed by atoms with E-state index in [1.165, 1.54) is 12.1 Å². The summed E-state index contributed by atoms with van der Waals surface area (Å²) in [5, 5.41) is 3.06. The van der Waals surface area contributed by atoms with E-state index in [2.05, 4.69) is 10.2 Å². The van der Waals surface area contributed by atoms with Crippen molar-refractivity contribution < 1.29 is 14.0 Å². The fourth-order valence-electron chi connectivity index (χ4n) is 3.18. The molecule has 1 unspecified atom stereocenters. The smallest absolute Gasteiger partial charge is 0.317 e. The van der Waals surface area contributed by atoms with Gasteiger partial charge < -0.3 is 19.9 Å². The monoisotopic (exact) mass is 333 g/mol. The summed E-state index contributed by atoms with van der Waals surface area (Å²) in [5.41, 5.74) is 0.971. The lowest BCUT2D eigenvalue weighted by Crippen LogP contribution is -2.58. The molecule has 1 atom stereocenters. The summed E-state index contributed by atoms with van der Waals surface area (Å²) < 4.78 is 13.1. The molecule has 24 heavy (non-hydrogen) atoms. The first-order valence-electron chi connectivity index (χ1n) is 8.68. The maximum atomic E-state index is 13.1. The Morgan fingerprint density at radius 2 is 2.00 bits per heavy atom. The van der Waals surface area contributed by atoms with Crippen LogP contribution >= 0.6 is 0 Å². The van der Waals surface area contributed by atoms with Crippen molar-refractivity contribution in [2.24, 2.45) is 0 Å². The Bertz CT molecular complexity index is 574. The number of hydrogen-bond donors (Lipinski definition) is 1. The summed E-state index contributed by atoms with van der Waals surface area (Å²) in [4.78, 5) is 27.1. The molecule has 1 N–H and O–H groups in total. The zero-order valence-electron chi connectivity index (χ0n) is 13.8. The number of urea groups is 1. The maximum absolute atomic E-state index is 13.1. The van der Waals surface area contributed by atoms with Crippen LogP contribution in [0.3, 0.4) is 0 Å². The Kier molecular flexibility index (Phi) is 5.33. The van der Waals surface area contributed by atoms with Crippen molar-refractivity contribution in [2.45, 2.75) is 44.2 Å². The summed E-state index contributed by atoms with van der Waals surface area (Å²) in [6, 6.07) is 6.89. The summed E-state index contributed by atoms with van der Waals surface area (Å²) in [7, 11) is 0. The number of carbonyl (C=O) groups is 2. The normalized spacial score (nSPS) is 20.8. The standard InChI is InChI=1S/C18H24FN3O2/c19-14-4-8-16(9-5-14)21-10-11-22(18(24)20-15-6-7-15)17(13-21)3-1-2-12-23/h4-5,8-9,12,15,17H,1-3,6-7,10-11,13H2,(H,20,24). The second kappa shape index (κ2) is 7.64. The molecule has 1 aromatic rings. The molecule has 2 amide bonds. The van der Waals surface area contributed by atoms with Crippen LogP contribution in [0.2, 0.25) is 0 Å². The number of carbonyl (C=O) groups excluding carboxylic acids is 2. The predicted octanol–water partition coefficient (Wildman–Crippen LogP) is 2.56. The molecule has 1 saturated heterocycles. The molecule has 1 saturated carbocycles. The maximum Gasteiger partial charge on any atom is 0.317 e. The second-order valence-electron chi connectivity index (χ2n) is 6.59. The number of hydrogen-bond acceptors (Lipinski definition) is 3. The summed E-state index contributed by atoms with van der Waals surface area (Å²) in [5.74, 6) is -0.247. The van der Waals surface area contributed by atoms with E-state index in [-0.39, 0.29) is 17.9 Å². The highest BCUT2D eigenvalue weighted by atomic mass is 19.1. The van der Waals surface area contributed by atoms with Gasteiger partial charge in [0.1, 0.15) is 12.1 Å². The largest absolute Gasteiger partial charge is 0.368 e. The van der Waals surface area contributed by atoms with Crippen molar-refractivity contribution in [1.82, 2.24) is 10.2 Å². The van der Waals surface area contributed by atoms with Crippen LogP contribution in [0.1, 0.15) is 32.1 Å². The molecule has 130 valence electrons. The third-order valence-corrected chi connectivity index (χ3v) is 4.70. The third-order valence-electron chi connectivity index (χ3n) is 4.70.